The number of benzene rings is 2. The van der Waals surface area contributed by atoms with E-state index in [2.05, 4.69) is 5.32 Å². The molecule has 1 aliphatic rings. The van der Waals surface area contributed by atoms with Crippen molar-refractivity contribution in [3.05, 3.63) is 52.0 Å². The van der Waals surface area contributed by atoms with Crippen LogP contribution < -0.4 is 15.0 Å². The molecule has 1 saturated heterocycles. The molecule has 1 unspecified atom stereocenters. The van der Waals surface area contributed by atoms with Crippen LogP contribution in [-0.4, -0.2) is 30.2 Å². The van der Waals surface area contributed by atoms with E-state index in [1.807, 2.05) is 19.1 Å². The van der Waals surface area contributed by atoms with Crippen molar-refractivity contribution in [2.24, 2.45) is 0 Å². The van der Waals surface area contributed by atoms with Gasteiger partial charge in [0.1, 0.15) is 11.5 Å². The zero-order valence-corrected chi connectivity index (χ0v) is 16.8. The van der Waals surface area contributed by atoms with Crippen LogP contribution in [0.1, 0.15) is 31.2 Å². The van der Waals surface area contributed by atoms with Crippen LogP contribution in [-0.2, 0) is 4.79 Å². The molecule has 1 heterocycles. The Balaban J connectivity index is 1.93. The van der Waals surface area contributed by atoms with Crippen LogP contribution >= 0.6 is 23.2 Å². The van der Waals surface area contributed by atoms with Crippen molar-refractivity contribution in [2.45, 2.75) is 25.7 Å². The first-order chi connectivity index (χ1) is 13.3. The number of nitrogens with zero attached hydrogens (tertiary/aromatic N) is 1. The zero-order chi connectivity index (χ0) is 20.3. The highest BCUT2D eigenvalue weighted by molar-refractivity contribution is 6.42. The van der Waals surface area contributed by atoms with Gasteiger partial charge in [0, 0.05) is 42.7 Å². The summed E-state index contributed by atoms with van der Waals surface area (Å²) in [6.45, 7) is 2.78. The van der Waals surface area contributed by atoms with Crippen LogP contribution in [0, 0.1) is 0 Å². The summed E-state index contributed by atoms with van der Waals surface area (Å²) in [6.07, 6.45) is 0.267. The number of carbonyl (C=O) groups is 2. The number of anilines is 1. The van der Waals surface area contributed by atoms with Crippen molar-refractivity contribution in [2.75, 3.05) is 18.0 Å². The third-order valence-corrected chi connectivity index (χ3v) is 5.33. The Hall–Kier alpha value is -2.44. The lowest BCUT2D eigenvalue weighted by molar-refractivity contribution is -0.117. The van der Waals surface area contributed by atoms with E-state index < -0.39 is 6.09 Å². The smallest absolute Gasteiger partial charge is 0.404 e. The van der Waals surface area contributed by atoms with Gasteiger partial charge in [0.25, 0.3) is 0 Å². The molecule has 2 amide bonds. The van der Waals surface area contributed by atoms with E-state index in [4.69, 9.17) is 33.0 Å². The molecule has 6 nitrogen and oxygen atoms in total. The lowest BCUT2D eigenvalue weighted by atomic mass is 9.99. The van der Waals surface area contributed by atoms with E-state index in [0.29, 0.717) is 34.5 Å². The Morgan fingerprint density at radius 2 is 2.04 bits per heavy atom. The lowest BCUT2D eigenvalue weighted by Gasteiger charge is -2.22. The molecule has 1 fully saturated rings. The molecule has 28 heavy (non-hydrogen) atoms. The van der Waals surface area contributed by atoms with E-state index in [1.54, 1.807) is 29.2 Å². The number of halogens is 2. The van der Waals surface area contributed by atoms with Crippen molar-refractivity contribution in [3.8, 4) is 11.5 Å². The minimum atomic E-state index is -1.09. The summed E-state index contributed by atoms with van der Waals surface area (Å²) in [5, 5.41) is 12.1. The number of hydrogen-bond acceptors (Lipinski definition) is 3. The Kier molecular flexibility index (Phi) is 6.31. The highest BCUT2D eigenvalue weighted by atomic mass is 35.5. The predicted octanol–water partition coefficient (Wildman–Crippen LogP) is 5.28. The fourth-order valence-electron chi connectivity index (χ4n) is 3.12. The highest BCUT2D eigenvalue weighted by Gasteiger charge is 2.24. The molecule has 0 aliphatic carbocycles. The van der Waals surface area contributed by atoms with Gasteiger partial charge >= 0.3 is 6.09 Å². The summed E-state index contributed by atoms with van der Waals surface area (Å²) in [5.74, 6) is 0.986. The number of carbonyl (C=O) groups excluding carboxylic acids is 1. The average Bonchev–Trinajstić information content (AvgIpc) is 3.09. The van der Waals surface area contributed by atoms with Gasteiger partial charge in [-0.2, -0.15) is 0 Å². The molecular formula is C20H20Cl2N2O4. The standard InChI is InChI=1S/C20H20Cl2N2O4/c1-12(11-23-20(26)27)15-9-13(24-8-2-3-19(24)25)4-7-18(15)28-14-5-6-16(21)17(22)10-14/h4-7,9-10,12,23H,2-3,8,11H2,1H3,(H,26,27). The molecule has 148 valence electrons. The molecule has 2 aromatic carbocycles. The SMILES string of the molecule is CC(CNC(=O)O)c1cc(N2CCCC2=O)ccc1Oc1ccc(Cl)c(Cl)c1. The van der Waals surface area contributed by atoms with Crippen LogP contribution in [0.3, 0.4) is 0 Å². The van der Waals surface area contributed by atoms with Crippen LogP contribution in [0.2, 0.25) is 10.0 Å². The van der Waals surface area contributed by atoms with Crippen LogP contribution in [0.25, 0.3) is 0 Å². The maximum Gasteiger partial charge on any atom is 0.404 e. The van der Waals surface area contributed by atoms with Gasteiger partial charge < -0.3 is 20.1 Å². The minimum absolute atomic E-state index is 0.0837. The first-order valence-corrected chi connectivity index (χ1v) is 9.64. The molecule has 3 rings (SSSR count). The van der Waals surface area contributed by atoms with Gasteiger partial charge in [-0.1, -0.05) is 30.1 Å². The third kappa shape index (κ3) is 4.69. The van der Waals surface area contributed by atoms with Crippen LogP contribution in [0.5, 0.6) is 11.5 Å². The molecule has 2 aromatic rings. The molecule has 0 bridgehead atoms. The Morgan fingerprint density at radius 1 is 1.25 bits per heavy atom. The molecule has 0 aromatic heterocycles. The van der Waals surface area contributed by atoms with Gasteiger partial charge in [0.15, 0.2) is 0 Å². The number of carboxylic acid groups (broad SMARTS) is 1. The van der Waals surface area contributed by atoms with Gasteiger partial charge in [-0.05, 0) is 36.8 Å². The van der Waals surface area contributed by atoms with E-state index >= 15 is 0 Å². The van der Waals surface area contributed by atoms with Gasteiger partial charge in [-0.25, -0.2) is 4.79 Å². The summed E-state index contributed by atoms with van der Waals surface area (Å²) in [6, 6.07) is 10.5. The van der Waals surface area contributed by atoms with Crippen molar-refractivity contribution in [1.82, 2.24) is 5.32 Å². The summed E-state index contributed by atoms with van der Waals surface area (Å²) in [5.41, 5.74) is 1.57. The van der Waals surface area contributed by atoms with Crippen LogP contribution in [0.4, 0.5) is 10.5 Å². The van der Waals surface area contributed by atoms with Crippen molar-refractivity contribution < 1.29 is 19.4 Å². The molecular weight excluding hydrogens is 403 g/mol. The van der Waals surface area contributed by atoms with Gasteiger partial charge in [-0.3, -0.25) is 4.79 Å². The molecule has 2 N–H and O–H groups in total. The fourth-order valence-corrected chi connectivity index (χ4v) is 3.41. The normalized spacial score (nSPS) is 14.8. The molecule has 0 spiro atoms. The van der Waals surface area contributed by atoms with Crippen molar-refractivity contribution in [1.29, 1.82) is 0 Å². The Bertz CT molecular complexity index is 904. The molecule has 0 radical (unpaired) electrons. The molecule has 1 aliphatic heterocycles. The summed E-state index contributed by atoms with van der Waals surface area (Å²) in [4.78, 5) is 24.7. The zero-order valence-electron chi connectivity index (χ0n) is 15.2. The quantitative estimate of drug-likeness (QED) is 0.662. The van der Waals surface area contributed by atoms with Gasteiger partial charge in [0.2, 0.25) is 5.91 Å². The number of rotatable bonds is 6. The second kappa shape index (κ2) is 8.71. The summed E-state index contributed by atoms with van der Waals surface area (Å²) < 4.78 is 6.00. The van der Waals surface area contributed by atoms with E-state index in [1.165, 1.54) is 0 Å². The van der Waals surface area contributed by atoms with Crippen molar-refractivity contribution >= 4 is 40.9 Å². The largest absolute Gasteiger partial charge is 0.465 e. The molecule has 1 atom stereocenters. The van der Waals surface area contributed by atoms with Gasteiger partial charge in [0.05, 0.1) is 10.0 Å². The van der Waals surface area contributed by atoms with Crippen LogP contribution in [0.15, 0.2) is 36.4 Å². The predicted molar refractivity (Wildman–Crippen MR) is 109 cm³/mol. The van der Waals surface area contributed by atoms with E-state index in [-0.39, 0.29) is 18.4 Å². The maximum atomic E-state index is 12.1. The van der Waals surface area contributed by atoms with E-state index in [0.717, 1.165) is 17.7 Å². The minimum Gasteiger partial charge on any atom is -0.465 e. The second-order valence-electron chi connectivity index (χ2n) is 6.64. The lowest BCUT2D eigenvalue weighted by Crippen LogP contribution is -2.26. The average molecular weight is 423 g/mol. The van der Waals surface area contributed by atoms with Gasteiger partial charge in [-0.15, -0.1) is 0 Å². The molecule has 0 saturated carbocycles. The first kappa shape index (κ1) is 20.3. The maximum absolute atomic E-state index is 12.1. The summed E-state index contributed by atoms with van der Waals surface area (Å²) >= 11 is 12.0. The second-order valence-corrected chi connectivity index (χ2v) is 7.45. The van der Waals surface area contributed by atoms with E-state index in [9.17, 15) is 9.59 Å². The third-order valence-electron chi connectivity index (χ3n) is 4.59. The number of amides is 2. The molecule has 8 heteroatoms. The monoisotopic (exact) mass is 422 g/mol. The number of hydrogen-bond donors (Lipinski definition) is 2. The number of nitrogens with one attached hydrogen (secondary N) is 1. The topological polar surface area (TPSA) is 78.9 Å². The highest BCUT2D eigenvalue weighted by Crippen LogP contribution is 2.36. The Morgan fingerprint density at radius 3 is 2.68 bits per heavy atom. The fraction of sp³-hybridized carbons (Fsp3) is 0.300. The first-order valence-electron chi connectivity index (χ1n) is 8.89. The number of ether oxygens (including phenoxy) is 1. The van der Waals surface area contributed by atoms with Crippen molar-refractivity contribution in [3.63, 3.8) is 0 Å². The summed E-state index contributed by atoms with van der Waals surface area (Å²) in [7, 11) is 0. The Labute approximate surface area is 173 Å².